The van der Waals surface area contributed by atoms with Gasteiger partial charge in [-0.05, 0) is 110 Å². The first kappa shape index (κ1) is 37.1. The fourth-order valence-corrected chi connectivity index (χ4v) is 9.81. The highest BCUT2D eigenvalue weighted by Gasteiger charge is 2.70. The molecule has 3 N–H and O–H groups in total. The van der Waals surface area contributed by atoms with Crippen molar-refractivity contribution in [1.29, 1.82) is 0 Å². The van der Waals surface area contributed by atoms with Crippen molar-refractivity contribution in [3.05, 3.63) is 155 Å². The van der Waals surface area contributed by atoms with Crippen molar-refractivity contribution in [3.8, 4) is 11.5 Å². The lowest BCUT2D eigenvalue weighted by Gasteiger charge is -2.50. The van der Waals surface area contributed by atoms with Crippen molar-refractivity contribution < 1.29 is 33.4 Å². The smallest absolute Gasteiger partial charge is 0.260 e. The van der Waals surface area contributed by atoms with Gasteiger partial charge in [0.25, 0.3) is 11.8 Å². The number of hydrazine groups is 1. The number of para-hydroxylation sites is 2. The van der Waals surface area contributed by atoms with E-state index >= 15 is 4.79 Å². The van der Waals surface area contributed by atoms with E-state index in [2.05, 4.69) is 10.7 Å². The Labute approximate surface area is 338 Å². The van der Waals surface area contributed by atoms with Crippen molar-refractivity contribution in [2.45, 2.75) is 31.1 Å². The summed E-state index contributed by atoms with van der Waals surface area (Å²) in [7, 11) is 0. The highest BCUT2D eigenvalue weighted by Crippen LogP contribution is 2.65. The van der Waals surface area contributed by atoms with Crippen molar-refractivity contribution in [2.24, 2.45) is 23.7 Å². The van der Waals surface area contributed by atoms with E-state index < -0.39 is 58.5 Å². The standard InChI is InChI=1S/C46H38ClFN4O6/c1-2-58-38-10-6-9-35(41(38)53)40-33-23-24-34-39(44(56)51(42(34)54)32-21-19-30(20-22-32)49-29-7-4-3-5-8-29)36(33)25-37-43(55)52(50-31-17-15-28(48)16-18-31)45(57)46(37,40)26-11-13-27(47)14-12-26/h3-23,34,36-37,39-40,49-50,53H,2,24-25H2,1H3. The number of phenols is 1. The van der Waals surface area contributed by atoms with Crippen LogP contribution in [-0.4, -0.2) is 40.4 Å². The molecule has 0 spiro atoms. The Kier molecular flexibility index (Phi) is 9.27. The molecule has 2 aliphatic heterocycles. The van der Waals surface area contributed by atoms with E-state index in [0.717, 1.165) is 16.4 Å². The molecule has 2 aliphatic carbocycles. The Hall–Kier alpha value is -6.46. The number of fused-ring (bicyclic) bond motifs is 4. The van der Waals surface area contributed by atoms with Crippen LogP contribution in [0.5, 0.6) is 11.5 Å². The van der Waals surface area contributed by atoms with Crippen LogP contribution in [0.1, 0.15) is 36.8 Å². The first-order valence-electron chi connectivity index (χ1n) is 19.2. The third kappa shape index (κ3) is 5.83. The van der Waals surface area contributed by atoms with Gasteiger partial charge in [0.1, 0.15) is 5.82 Å². The minimum atomic E-state index is -1.65. The zero-order valence-corrected chi connectivity index (χ0v) is 32.0. The number of imide groups is 2. The van der Waals surface area contributed by atoms with E-state index in [4.69, 9.17) is 16.3 Å². The molecule has 2 heterocycles. The fraction of sp³-hybridized carbons (Fsp3) is 0.217. The average Bonchev–Trinajstić information content (AvgIpc) is 3.61. The van der Waals surface area contributed by atoms with Gasteiger partial charge in [-0.15, -0.1) is 0 Å². The van der Waals surface area contributed by atoms with Crippen LogP contribution in [0.15, 0.2) is 133 Å². The molecule has 0 aromatic heterocycles. The molecule has 58 heavy (non-hydrogen) atoms. The van der Waals surface area contributed by atoms with Gasteiger partial charge in [-0.2, -0.15) is 5.01 Å². The van der Waals surface area contributed by atoms with E-state index in [0.29, 0.717) is 33.1 Å². The van der Waals surface area contributed by atoms with Gasteiger partial charge in [0, 0.05) is 27.9 Å². The molecule has 292 valence electrons. The zero-order chi connectivity index (χ0) is 40.3. The summed E-state index contributed by atoms with van der Waals surface area (Å²) in [4.78, 5) is 60.6. The lowest BCUT2D eigenvalue weighted by molar-refractivity contribution is -0.138. The third-order valence-electron chi connectivity index (χ3n) is 12.1. The van der Waals surface area contributed by atoms with Crippen molar-refractivity contribution in [3.63, 3.8) is 0 Å². The molecule has 5 aromatic rings. The summed E-state index contributed by atoms with van der Waals surface area (Å²) in [6.07, 6.45) is 2.18. The molecule has 9 rings (SSSR count). The monoisotopic (exact) mass is 796 g/mol. The number of halogens is 2. The molecular weight excluding hydrogens is 759 g/mol. The first-order chi connectivity index (χ1) is 28.1. The van der Waals surface area contributed by atoms with Gasteiger partial charge in [-0.1, -0.05) is 65.7 Å². The molecule has 3 fully saturated rings. The third-order valence-corrected chi connectivity index (χ3v) is 12.3. The average molecular weight is 797 g/mol. The summed E-state index contributed by atoms with van der Waals surface area (Å²) in [6, 6.07) is 33.8. The van der Waals surface area contributed by atoms with Gasteiger partial charge >= 0.3 is 0 Å². The molecule has 2 saturated heterocycles. The molecule has 0 radical (unpaired) electrons. The molecular formula is C46H38ClFN4O6. The molecule has 6 atom stereocenters. The summed E-state index contributed by atoms with van der Waals surface area (Å²) in [6.45, 7) is 2.04. The van der Waals surface area contributed by atoms with Crippen molar-refractivity contribution in [1.82, 2.24) is 5.01 Å². The molecule has 5 aromatic carbocycles. The summed E-state index contributed by atoms with van der Waals surface area (Å²) in [5.74, 6) is -6.67. The Morgan fingerprint density at radius 1 is 0.793 bits per heavy atom. The highest BCUT2D eigenvalue weighted by atomic mass is 35.5. The predicted molar refractivity (Wildman–Crippen MR) is 217 cm³/mol. The van der Waals surface area contributed by atoms with Crippen LogP contribution in [0.4, 0.5) is 27.1 Å². The van der Waals surface area contributed by atoms with Crippen LogP contribution < -0.4 is 20.4 Å². The number of nitrogens with one attached hydrogen (secondary N) is 2. The van der Waals surface area contributed by atoms with Crippen LogP contribution in [0, 0.1) is 29.5 Å². The summed E-state index contributed by atoms with van der Waals surface area (Å²) >= 11 is 6.40. The summed E-state index contributed by atoms with van der Waals surface area (Å²) < 4.78 is 19.8. The maximum Gasteiger partial charge on any atom is 0.260 e. The van der Waals surface area contributed by atoms with Gasteiger partial charge in [-0.3, -0.25) is 29.5 Å². The molecule has 4 aliphatic rings. The van der Waals surface area contributed by atoms with Gasteiger partial charge in [0.2, 0.25) is 11.8 Å². The van der Waals surface area contributed by atoms with Crippen molar-refractivity contribution in [2.75, 3.05) is 22.2 Å². The number of hydrogen-bond donors (Lipinski definition) is 3. The normalized spacial score (nSPS) is 24.9. The molecule has 10 nitrogen and oxygen atoms in total. The van der Waals surface area contributed by atoms with E-state index in [-0.39, 0.29) is 36.9 Å². The Balaban J connectivity index is 1.17. The molecule has 0 bridgehead atoms. The van der Waals surface area contributed by atoms with E-state index in [1.165, 1.54) is 29.2 Å². The lowest BCUT2D eigenvalue weighted by atomic mass is 9.49. The number of carbonyl (C=O) groups excluding carboxylic acids is 4. The van der Waals surface area contributed by atoms with Gasteiger partial charge in [0.15, 0.2) is 11.5 Å². The second kappa shape index (κ2) is 14.5. The second-order valence-electron chi connectivity index (χ2n) is 15.1. The number of phenolic OH excluding ortho intramolecular Hbond substituents is 1. The van der Waals surface area contributed by atoms with Crippen LogP contribution in [0.2, 0.25) is 5.02 Å². The first-order valence-corrected chi connectivity index (χ1v) is 19.6. The summed E-state index contributed by atoms with van der Waals surface area (Å²) in [5.41, 5.74) is 5.17. The Morgan fingerprint density at radius 3 is 2.19 bits per heavy atom. The topological polar surface area (TPSA) is 128 Å². The number of carbonyl (C=O) groups is 4. The number of allylic oxidation sites excluding steroid dienone is 2. The van der Waals surface area contributed by atoms with Gasteiger partial charge in [-0.25, -0.2) is 4.39 Å². The van der Waals surface area contributed by atoms with Crippen LogP contribution >= 0.6 is 11.6 Å². The number of hydrogen-bond acceptors (Lipinski definition) is 8. The molecule has 6 unspecified atom stereocenters. The number of rotatable bonds is 9. The largest absolute Gasteiger partial charge is 0.504 e. The SMILES string of the molecule is CCOc1cccc(C2C3=CCC4C(=O)N(c5ccc(Nc6ccccc6)cc5)C(=O)C4C3CC3C(=O)N(Nc4ccc(F)cc4)C(=O)C32c2ccc(Cl)cc2)c1O. The zero-order valence-electron chi connectivity index (χ0n) is 31.3. The minimum Gasteiger partial charge on any atom is -0.504 e. The summed E-state index contributed by atoms with van der Waals surface area (Å²) in [5, 5.41) is 16.7. The molecule has 12 heteroatoms. The van der Waals surface area contributed by atoms with E-state index in [9.17, 15) is 23.9 Å². The van der Waals surface area contributed by atoms with Crippen LogP contribution in [0.25, 0.3) is 0 Å². The fourth-order valence-electron chi connectivity index (χ4n) is 9.68. The number of aromatic hydroxyl groups is 1. The van der Waals surface area contributed by atoms with Crippen LogP contribution in [-0.2, 0) is 24.6 Å². The minimum absolute atomic E-state index is 0.0526. The highest BCUT2D eigenvalue weighted by molar-refractivity contribution is 6.30. The maximum absolute atomic E-state index is 15.4. The number of anilines is 4. The number of amides is 4. The van der Waals surface area contributed by atoms with Crippen molar-refractivity contribution >= 4 is 58.0 Å². The van der Waals surface area contributed by atoms with Crippen LogP contribution in [0.3, 0.4) is 0 Å². The van der Waals surface area contributed by atoms with Gasteiger partial charge in [0.05, 0.1) is 41.2 Å². The lowest BCUT2D eigenvalue weighted by Crippen LogP contribution is -2.53. The molecule has 4 amide bonds. The maximum atomic E-state index is 15.4. The number of benzene rings is 5. The molecule has 1 saturated carbocycles. The van der Waals surface area contributed by atoms with E-state index in [1.807, 2.05) is 48.5 Å². The number of ether oxygens (including phenoxy) is 1. The predicted octanol–water partition coefficient (Wildman–Crippen LogP) is 8.52. The van der Waals surface area contributed by atoms with Gasteiger partial charge < -0.3 is 15.2 Å². The van der Waals surface area contributed by atoms with E-state index in [1.54, 1.807) is 61.5 Å². The number of nitrogens with zero attached hydrogens (tertiary/aromatic N) is 2. The quantitative estimate of drug-likeness (QED) is 0.100. The Morgan fingerprint density at radius 2 is 1.48 bits per heavy atom. The second-order valence-corrected chi connectivity index (χ2v) is 15.5. The Bertz CT molecular complexity index is 2480.